The van der Waals surface area contributed by atoms with Crippen LogP contribution in [0.25, 0.3) is 0 Å². The first-order valence-electron chi connectivity index (χ1n) is 5.16. The van der Waals surface area contributed by atoms with E-state index in [1.54, 1.807) is 17.7 Å². The highest BCUT2D eigenvalue weighted by Crippen LogP contribution is 2.26. The Morgan fingerprint density at radius 2 is 2.06 bits per heavy atom. The lowest BCUT2D eigenvalue weighted by Gasteiger charge is -2.09. The predicted octanol–water partition coefficient (Wildman–Crippen LogP) is 3.26. The lowest BCUT2D eigenvalue weighted by molar-refractivity contribution is 1.07. The summed E-state index contributed by atoms with van der Waals surface area (Å²) in [7, 11) is 1.83. The van der Waals surface area contributed by atoms with Gasteiger partial charge in [-0.1, -0.05) is 0 Å². The first kappa shape index (κ1) is 12.3. The number of nitrogens with one attached hydrogen (secondary N) is 2. The van der Waals surface area contributed by atoms with Gasteiger partial charge in [0.05, 0.1) is 0 Å². The highest BCUT2D eigenvalue weighted by molar-refractivity contribution is 9.10. The van der Waals surface area contributed by atoms with Crippen LogP contribution in [0, 0.1) is 6.92 Å². The Balaban J connectivity index is 2.12. The van der Waals surface area contributed by atoms with Crippen LogP contribution in [0.15, 0.2) is 21.6 Å². The van der Waals surface area contributed by atoms with Gasteiger partial charge in [0.25, 0.3) is 0 Å². The molecule has 0 unspecified atom stereocenters. The topological polar surface area (TPSA) is 49.8 Å². The molecular weight excluding hydrogens is 300 g/mol. The zero-order valence-corrected chi connectivity index (χ0v) is 12.0. The lowest BCUT2D eigenvalue weighted by atomic mass is 10.2. The smallest absolute Gasteiger partial charge is 0.146 e. The van der Waals surface area contributed by atoms with Crippen molar-refractivity contribution in [1.29, 1.82) is 0 Å². The molecule has 4 nitrogen and oxygen atoms in total. The molecule has 6 heteroatoms. The maximum Gasteiger partial charge on any atom is 0.146 e. The van der Waals surface area contributed by atoms with E-state index in [2.05, 4.69) is 54.2 Å². The molecule has 0 atom stereocenters. The zero-order chi connectivity index (χ0) is 12.3. The van der Waals surface area contributed by atoms with Gasteiger partial charge in [-0.05, 0) is 44.7 Å². The van der Waals surface area contributed by atoms with E-state index in [1.807, 2.05) is 7.05 Å². The molecule has 0 fully saturated rings. The minimum Gasteiger partial charge on any atom is -0.372 e. The van der Waals surface area contributed by atoms with Gasteiger partial charge in [0, 0.05) is 13.6 Å². The fourth-order valence-electron chi connectivity index (χ4n) is 1.41. The molecule has 90 valence electrons. The molecular formula is C11H13BrN4S. The van der Waals surface area contributed by atoms with E-state index in [4.69, 9.17) is 0 Å². The quantitative estimate of drug-likeness (QED) is 0.909. The molecule has 17 heavy (non-hydrogen) atoms. The monoisotopic (exact) mass is 312 g/mol. The van der Waals surface area contributed by atoms with Crippen molar-refractivity contribution in [2.45, 2.75) is 13.5 Å². The van der Waals surface area contributed by atoms with Crippen molar-refractivity contribution in [3.05, 3.63) is 32.7 Å². The van der Waals surface area contributed by atoms with Gasteiger partial charge in [0.1, 0.15) is 22.4 Å². The summed E-state index contributed by atoms with van der Waals surface area (Å²) >= 11 is 5.19. The maximum atomic E-state index is 4.21. The van der Waals surface area contributed by atoms with Crippen LogP contribution in [0.3, 0.4) is 0 Å². The van der Waals surface area contributed by atoms with Crippen LogP contribution in [0.4, 0.5) is 11.6 Å². The van der Waals surface area contributed by atoms with Crippen LogP contribution in [-0.2, 0) is 6.54 Å². The third kappa shape index (κ3) is 2.76. The average molecular weight is 313 g/mol. The highest BCUT2D eigenvalue weighted by atomic mass is 79.9. The van der Waals surface area contributed by atoms with Crippen molar-refractivity contribution < 1.29 is 0 Å². The fraction of sp³-hybridized carbons (Fsp3) is 0.273. The molecule has 0 aromatic carbocycles. The van der Waals surface area contributed by atoms with Gasteiger partial charge in [-0.3, -0.25) is 0 Å². The van der Waals surface area contributed by atoms with Crippen molar-refractivity contribution >= 4 is 38.9 Å². The number of anilines is 2. The van der Waals surface area contributed by atoms with E-state index < -0.39 is 0 Å². The molecule has 2 heterocycles. The van der Waals surface area contributed by atoms with E-state index in [1.165, 1.54) is 11.1 Å². The van der Waals surface area contributed by atoms with Gasteiger partial charge in [0.2, 0.25) is 0 Å². The van der Waals surface area contributed by atoms with Crippen LogP contribution in [0.2, 0.25) is 0 Å². The Kier molecular flexibility index (Phi) is 3.96. The van der Waals surface area contributed by atoms with Gasteiger partial charge >= 0.3 is 0 Å². The summed E-state index contributed by atoms with van der Waals surface area (Å²) in [5.74, 6) is 1.58. The van der Waals surface area contributed by atoms with Gasteiger partial charge in [0.15, 0.2) is 0 Å². The van der Waals surface area contributed by atoms with E-state index in [9.17, 15) is 0 Å². The number of aryl methyl sites for hydroxylation is 1. The van der Waals surface area contributed by atoms with E-state index in [0.717, 1.165) is 22.7 Å². The van der Waals surface area contributed by atoms with Gasteiger partial charge in [-0.2, -0.15) is 11.3 Å². The van der Waals surface area contributed by atoms with Crippen molar-refractivity contribution in [3.8, 4) is 0 Å². The van der Waals surface area contributed by atoms with E-state index in [-0.39, 0.29) is 0 Å². The van der Waals surface area contributed by atoms with Crippen LogP contribution < -0.4 is 10.6 Å². The zero-order valence-electron chi connectivity index (χ0n) is 9.62. The summed E-state index contributed by atoms with van der Waals surface area (Å²) in [5, 5.41) is 10.6. The molecule has 0 aliphatic heterocycles. The van der Waals surface area contributed by atoms with Crippen molar-refractivity contribution in [2.24, 2.45) is 0 Å². The standard InChI is InChI=1S/C11H13BrN4S/c1-7-4-17-5-8(7)3-14-11-9(12)10(13-2)15-6-16-11/h4-6H,3H2,1-2H3,(H2,13,14,15,16). The molecule has 0 saturated carbocycles. The molecule has 0 spiro atoms. The fourth-order valence-corrected chi connectivity index (χ4v) is 2.81. The molecule has 2 rings (SSSR count). The molecule has 0 bridgehead atoms. The minimum absolute atomic E-state index is 0.772. The number of hydrogen-bond acceptors (Lipinski definition) is 5. The SMILES string of the molecule is CNc1ncnc(NCc2cscc2C)c1Br. The molecule has 0 aliphatic rings. The van der Waals surface area contributed by atoms with Crippen LogP contribution in [-0.4, -0.2) is 17.0 Å². The predicted molar refractivity (Wildman–Crippen MR) is 75.7 cm³/mol. The summed E-state index contributed by atoms with van der Waals surface area (Å²) in [6.45, 7) is 2.88. The molecule has 2 N–H and O–H groups in total. The van der Waals surface area contributed by atoms with Crippen LogP contribution >= 0.6 is 27.3 Å². The Morgan fingerprint density at radius 3 is 2.71 bits per heavy atom. The number of rotatable bonds is 4. The Hall–Kier alpha value is -1.14. The molecule has 2 aromatic heterocycles. The lowest BCUT2D eigenvalue weighted by Crippen LogP contribution is -2.04. The number of thiophene rings is 1. The Morgan fingerprint density at radius 1 is 1.29 bits per heavy atom. The number of nitrogens with zero attached hydrogens (tertiary/aromatic N) is 2. The average Bonchev–Trinajstić information content (AvgIpc) is 2.74. The summed E-state index contributed by atoms with van der Waals surface area (Å²) in [5.41, 5.74) is 2.60. The number of halogens is 1. The number of hydrogen-bond donors (Lipinski definition) is 2. The first-order valence-corrected chi connectivity index (χ1v) is 6.89. The van der Waals surface area contributed by atoms with E-state index in [0.29, 0.717) is 0 Å². The second kappa shape index (κ2) is 5.46. The summed E-state index contributed by atoms with van der Waals surface area (Å²) in [4.78, 5) is 8.32. The van der Waals surface area contributed by atoms with Gasteiger partial charge in [-0.15, -0.1) is 0 Å². The normalized spacial score (nSPS) is 10.3. The summed E-state index contributed by atoms with van der Waals surface area (Å²) < 4.78 is 0.857. The van der Waals surface area contributed by atoms with Crippen molar-refractivity contribution in [1.82, 2.24) is 9.97 Å². The van der Waals surface area contributed by atoms with Gasteiger partial charge < -0.3 is 10.6 Å². The number of aromatic nitrogens is 2. The second-order valence-corrected chi connectivity index (χ2v) is 5.11. The van der Waals surface area contributed by atoms with Crippen LogP contribution in [0.5, 0.6) is 0 Å². The van der Waals surface area contributed by atoms with Crippen molar-refractivity contribution in [3.63, 3.8) is 0 Å². The second-order valence-electron chi connectivity index (χ2n) is 3.57. The van der Waals surface area contributed by atoms with Crippen LogP contribution in [0.1, 0.15) is 11.1 Å². The first-order chi connectivity index (χ1) is 8.22. The molecule has 0 aliphatic carbocycles. The third-order valence-electron chi connectivity index (χ3n) is 2.43. The third-order valence-corrected chi connectivity index (χ3v) is 4.10. The van der Waals surface area contributed by atoms with Gasteiger partial charge in [-0.25, -0.2) is 9.97 Å². The molecule has 0 saturated heterocycles. The highest BCUT2D eigenvalue weighted by Gasteiger charge is 2.07. The largest absolute Gasteiger partial charge is 0.372 e. The summed E-state index contributed by atoms with van der Waals surface area (Å²) in [6.07, 6.45) is 1.54. The molecule has 0 amide bonds. The summed E-state index contributed by atoms with van der Waals surface area (Å²) in [6, 6.07) is 0. The Labute approximate surface area is 113 Å². The molecule has 0 radical (unpaired) electrons. The Bertz CT molecular complexity index is 512. The maximum absolute atomic E-state index is 4.21. The minimum atomic E-state index is 0.772. The van der Waals surface area contributed by atoms with Crippen molar-refractivity contribution in [2.75, 3.05) is 17.7 Å². The molecule has 2 aromatic rings. The van der Waals surface area contributed by atoms with E-state index >= 15 is 0 Å².